The van der Waals surface area contributed by atoms with Crippen molar-refractivity contribution in [3.8, 4) is 0 Å². The van der Waals surface area contributed by atoms with Gasteiger partial charge in [0.1, 0.15) is 6.10 Å². The summed E-state index contributed by atoms with van der Waals surface area (Å²) in [6.07, 6.45) is 1.46. The van der Waals surface area contributed by atoms with Crippen LogP contribution in [0.2, 0.25) is 0 Å². The van der Waals surface area contributed by atoms with Crippen LogP contribution in [0.25, 0.3) is 0 Å². The van der Waals surface area contributed by atoms with E-state index in [0.717, 1.165) is 18.4 Å². The molecule has 18 heavy (non-hydrogen) atoms. The van der Waals surface area contributed by atoms with Gasteiger partial charge in [0, 0.05) is 6.42 Å². The van der Waals surface area contributed by atoms with Crippen LogP contribution in [-0.2, 0) is 4.79 Å². The number of carbonyl (C=O) groups is 1. The van der Waals surface area contributed by atoms with Crippen LogP contribution in [0.15, 0.2) is 23.8 Å². The maximum atomic E-state index is 11.7. The first kappa shape index (κ1) is 15.1. The summed E-state index contributed by atoms with van der Waals surface area (Å²) < 4.78 is 0. The monoisotopic (exact) mass is 252 g/mol. The lowest BCUT2D eigenvalue weighted by atomic mass is 9.80. The molecule has 0 aliphatic heterocycles. The minimum Gasteiger partial charge on any atom is -0.390 e. The summed E-state index contributed by atoms with van der Waals surface area (Å²) in [6, 6.07) is 0. The third-order valence-corrected chi connectivity index (χ3v) is 3.72. The Bertz CT molecular complexity index is 355. The summed E-state index contributed by atoms with van der Waals surface area (Å²) in [4.78, 5) is 11.7. The lowest BCUT2D eigenvalue weighted by Gasteiger charge is -2.31. The Morgan fingerprint density at radius 3 is 2.56 bits per heavy atom. The molecule has 0 fully saturated rings. The molecule has 1 aliphatic carbocycles. The molecule has 0 aromatic heterocycles. The number of carbonyl (C=O) groups excluding carboxylic acids is 1. The second kappa shape index (κ2) is 6.30. The largest absolute Gasteiger partial charge is 0.390 e. The van der Waals surface area contributed by atoms with Gasteiger partial charge < -0.3 is 10.2 Å². The van der Waals surface area contributed by atoms with Crippen LogP contribution >= 0.6 is 0 Å². The number of hydrogen-bond acceptors (Lipinski definition) is 3. The van der Waals surface area contributed by atoms with Crippen LogP contribution in [0.1, 0.15) is 40.0 Å². The van der Waals surface area contributed by atoms with Gasteiger partial charge in [-0.2, -0.15) is 0 Å². The molecule has 3 nitrogen and oxygen atoms in total. The van der Waals surface area contributed by atoms with Crippen LogP contribution < -0.4 is 0 Å². The number of allylic oxidation sites excluding steroid dienone is 2. The molecule has 0 amide bonds. The van der Waals surface area contributed by atoms with E-state index >= 15 is 0 Å². The fraction of sp³-hybridized carbons (Fsp3) is 0.667. The minimum absolute atomic E-state index is 0.0216. The second-order valence-electron chi connectivity index (χ2n) is 5.67. The number of aliphatic hydroxyl groups excluding tert-OH is 2. The van der Waals surface area contributed by atoms with Gasteiger partial charge in [0.25, 0.3) is 0 Å². The summed E-state index contributed by atoms with van der Waals surface area (Å²) in [5, 5.41) is 20.3. The van der Waals surface area contributed by atoms with Crippen LogP contribution in [0.3, 0.4) is 0 Å². The van der Waals surface area contributed by atoms with Gasteiger partial charge in [-0.1, -0.05) is 26.0 Å². The van der Waals surface area contributed by atoms with Crippen molar-refractivity contribution < 1.29 is 15.0 Å². The summed E-state index contributed by atoms with van der Waals surface area (Å²) in [5.41, 5.74) is 1.44. The highest BCUT2D eigenvalue weighted by molar-refractivity contribution is 5.92. The van der Waals surface area contributed by atoms with Gasteiger partial charge in [-0.25, -0.2) is 0 Å². The Balaban J connectivity index is 2.98. The number of aliphatic hydroxyl groups is 2. The van der Waals surface area contributed by atoms with E-state index in [0.29, 0.717) is 5.57 Å². The van der Waals surface area contributed by atoms with E-state index in [1.807, 2.05) is 20.8 Å². The first-order valence-corrected chi connectivity index (χ1v) is 6.56. The van der Waals surface area contributed by atoms with E-state index < -0.39 is 12.2 Å². The standard InChI is InChI=1S/C15H24O3/c1-9(2)13-6-5-10(3)7-12(16)8-11(4)14(17)15(13)18/h7,9,13-15,17-18H,4-6,8H2,1-3H3. The summed E-state index contributed by atoms with van der Waals surface area (Å²) in [6.45, 7) is 9.74. The van der Waals surface area contributed by atoms with Crippen LogP contribution in [0.4, 0.5) is 0 Å². The fourth-order valence-electron chi connectivity index (χ4n) is 2.49. The number of hydrogen-bond donors (Lipinski definition) is 2. The van der Waals surface area contributed by atoms with E-state index in [1.54, 1.807) is 6.08 Å². The lowest BCUT2D eigenvalue weighted by Crippen LogP contribution is -2.38. The van der Waals surface area contributed by atoms with Gasteiger partial charge in [-0.15, -0.1) is 0 Å². The molecule has 0 saturated heterocycles. The van der Waals surface area contributed by atoms with Crippen molar-refractivity contribution in [2.45, 2.75) is 52.2 Å². The van der Waals surface area contributed by atoms with Gasteiger partial charge >= 0.3 is 0 Å². The van der Waals surface area contributed by atoms with E-state index in [4.69, 9.17) is 0 Å². The first-order valence-electron chi connectivity index (χ1n) is 6.56. The third kappa shape index (κ3) is 3.79. The molecule has 2 N–H and O–H groups in total. The molecule has 3 heteroatoms. The highest BCUT2D eigenvalue weighted by Crippen LogP contribution is 2.28. The highest BCUT2D eigenvalue weighted by Gasteiger charge is 2.31. The molecule has 0 radical (unpaired) electrons. The van der Waals surface area contributed by atoms with E-state index in [9.17, 15) is 15.0 Å². The minimum atomic E-state index is -1.01. The van der Waals surface area contributed by atoms with Gasteiger partial charge in [0.15, 0.2) is 5.78 Å². The van der Waals surface area contributed by atoms with Gasteiger partial charge in [-0.3, -0.25) is 4.79 Å². The predicted octanol–water partition coefficient (Wildman–Crippen LogP) is 2.24. The smallest absolute Gasteiger partial charge is 0.159 e. The Kier molecular flexibility index (Phi) is 5.29. The molecule has 0 spiro atoms. The average Bonchev–Trinajstić information content (AvgIpc) is 2.25. The quantitative estimate of drug-likeness (QED) is 0.704. The molecule has 0 aromatic carbocycles. The molecule has 3 unspecified atom stereocenters. The van der Waals surface area contributed by atoms with Gasteiger partial charge in [0.05, 0.1) is 6.10 Å². The van der Waals surface area contributed by atoms with Crippen LogP contribution in [0, 0.1) is 11.8 Å². The van der Waals surface area contributed by atoms with Crippen LogP contribution in [0.5, 0.6) is 0 Å². The molecule has 3 atom stereocenters. The summed E-state index contributed by atoms with van der Waals surface area (Å²) in [5.74, 6) is 0.255. The SMILES string of the molecule is C=C1CC(=O)C=C(C)CCC(C(C)C)C(O)C1O. The Morgan fingerprint density at radius 1 is 1.39 bits per heavy atom. The maximum Gasteiger partial charge on any atom is 0.159 e. The normalized spacial score (nSPS) is 31.4. The van der Waals surface area contributed by atoms with Crippen molar-refractivity contribution in [2.75, 3.05) is 0 Å². The highest BCUT2D eigenvalue weighted by atomic mass is 16.3. The molecule has 102 valence electrons. The molecule has 1 rings (SSSR count). The molecule has 0 aromatic rings. The zero-order valence-corrected chi connectivity index (χ0v) is 11.5. The van der Waals surface area contributed by atoms with Gasteiger partial charge in [-0.05, 0) is 43.3 Å². The second-order valence-corrected chi connectivity index (χ2v) is 5.67. The fourth-order valence-corrected chi connectivity index (χ4v) is 2.49. The topological polar surface area (TPSA) is 57.5 Å². The van der Waals surface area contributed by atoms with E-state index in [2.05, 4.69) is 6.58 Å². The van der Waals surface area contributed by atoms with E-state index in [-0.39, 0.29) is 24.0 Å². The van der Waals surface area contributed by atoms with Crippen molar-refractivity contribution in [2.24, 2.45) is 11.8 Å². The van der Waals surface area contributed by atoms with Crippen molar-refractivity contribution >= 4 is 5.78 Å². The van der Waals surface area contributed by atoms with Gasteiger partial charge in [0.2, 0.25) is 0 Å². The predicted molar refractivity (Wildman–Crippen MR) is 72.1 cm³/mol. The summed E-state index contributed by atoms with van der Waals surface area (Å²) >= 11 is 0. The molecule has 0 bridgehead atoms. The van der Waals surface area contributed by atoms with Crippen molar-refractivity contribution in [1.82, 2.24) is 0 Å². The molecule has 0 heterocycles. The number of ketones is 1. The Labute approximate surface area is 109 Å². The van der Waals surface area contributed by atoms with Crippen molar-refractivity contribution in [1.29, 1.82) is 0 Å². The Hall–Kier alpha value is -0.930. The molecular formula is C15H24O3. The zero-order chi connectivity index (χ0) is 13.9. The lowest BCUT2D eigenvalue weighted by molar-refractivity contribution is -0.114. The van der Waals surface area contributed by atoms with Crippen LogP contribution in [-0.4, -0.2) is 28.2 Å². The zero-order valence-electron chi connectivity index (χ0n) is 11.5. The van der Waals surface area contributed by atoms with Crippen molar-refractivity contribution in [3.63, 3.8) is 0 Å². The molecule has 1 aliphatic rings. The maximum absolute atomic E-state index is 11.7. The van der Waals surface area contributed by atoms with E-state index in [1.165, 1.54) is 0 Å². The van der Waals surface area contributed by atoms with Crippen molar-refractivity contribution in [3.05, 3.63) is 23.8 Å². The number of rotatable bonds is 1. The average molecular weight is 252 g/mol. The summed E-state index contributed by atoms with van der Waals surface area (Å²) in [7, 11) is 0. The molecular weight excluding hydrogens is 228 g/mol. The Morgan fingerprint density at radius 2 is 2.00 bits per heavy atom. The first-order chi connectivity index (χ1) is 8.32. The molecule has 0 saturated carbocycles. The third-order valence-electron chi connectivity index (χ3n) is 3.72.